The van der Waals surface area contributed by atoms with Gasteiger partial charge in [-0.2, -0.15) is 0 Å². The van der Waals surface area contributed by atoms with Crippen LogP contribution in [-0.4, -0.2) is 18.4 Å². The summed E-state index contributed by atoms with van der Waals surface area (Å²) in [6.45, 7) is 1.85. The highest BCUT2D eigenvalue weighted by Gasteiger charge is 2.16. The SMILES string of the molecule is Cc1ccc(S(=O)(=O)NNc2ncnc(Nc3ccccc3F)c2N)cc1. The van der Waals surface area contributed by atoms with Gasteiger partial charge in [-0.05, 0) is 31.2 Å². The van der Waals surface area contributed by atoms with Gasteiger partial charge in [0.15, 0.2) is 11.6 Å². The highest BCUT2D eigenvalue weighted by molar-refractivity contribution is 7.89. The van der Waals surface area contributed by atoms with E-state index in [1.54, 1.807) is 24.3 Å². The molecule has 1 aromatic heterocycles. The van der Waals surface area contributed by atoms with Crippen LogP contribution in [0.25, 0.3) is 0 Å². The molecule has 0 aliphatic heterocycles. The lowest BCUT2D eigenvalue weighted by atomic mass is 10.2. The molecular formula is C17H17FN6O2S. The first-order valence-electron chi connectivity index (χ1n) is 7.83. The van der Waals surface area contributed by atoms with Gasteiger partial charge in [0.2, 0.25) is 0 Å². The van der Waals surface area contributed by atoms with Crippen LogP contribution in [0.15, 0.2) is 59.8 Å². The normalized spacial score (nSPS) is 11.2. The molecule has 0 amide bonds. The molecule has 140 valence electrons. The fourth-order valence-corrected chi connectivity index (χ4v) is 3.02. The van der Waals surface area contributed by atoms with Crippen molar-refractivity contribution in [3.05, 3.63) is 66.2 Å². The lowest BCUT2D eigenvalue weighted by Crippen LogP contribution is -2.30. The number of hydrogen-bond acceptors (Lipinski definition) is 7. The number of para-hydroxylation sites is 1. The molecule has 0 saturated carbocycles. The molecule has 27 heavy (non-hydrogen) atoms. The zero-order valence-corrected chi connectivity index (χ0v) is 15.1. The fourth-order valence-electron chi connectivity index (χ4n) is 2.18. The second-order valence-corrected chi connectivity index (χ2v) is 7.32. The van der Waals surface area contributed by atoms with Crippen molar-refractivity contribution in [2.75, 3.05) is 16.5 Å². The zero-order valence-electron chi connectivity index (χ0n) is 14.3. The highest BCUT2D eigenvalue weighted by Crippen LogP contribution is 2.26. The smallest absolute Gasteiger partial charge is 0.257 e. The van der Waals surface area contributed by atoms with E-state index in [0.29, 0.717) is 0 Å². The summed E-state index contributed by atoms with van der Waals surface area (Å²) in [4.78, 5) is 10.1. The Morgan fingerprint density at radius 2 is 1.67 bits per heavy atom. The van der Waals surface area contributed by atoms with E-state index in [-0.39, 0.29) is 27.9 Å². The number of nitrogens with zero attached hydrogens (tertiary/aromatic N) is 2. The number of benzene rings is 2. The van der Waals surface area contributed by atoms with Gasteiger partial charge in [-0.25, -0.2) is 22.8 Å². The lowest BCUT2D eigenvalue weighted by Gasteiger charge is -2.13. The summed E-state index contributed by atoms with van der Waals surface area (Å²) < 4.78 is 38.4. The summed E-state index contributed by atoms with van der Waals surface area (Å²) in [5, 5.41) is 2.75. The third-order valence-corrected chi connectivity index (χ3v) is 4.91. The molecule has 0 radical (unpaired) electrons. The van der Waals surface area contributed by atoms with E-state index < -0.39 is 15.8 Å². The Labute approximate surface area is 155 Å². The first-order valence-corrected chi connectivity index (χ1v) is 9.31. The number of aryl methyl sites for hydroxylation is 1. The van der Waals surface area contributed by atoms with Crippen LogP contribution >= 0.6 is 0 Å². The van der Waals surface area contributed by atoms with E-state index in [2.05, 4.69) is 25.5 Å². The van der Waals surface area contributed by atoms with Crippen molar-refractivity contribution in [2.24, 2.45) is 0 Å². The number of aromatic nitrogens is 2. The van der Waals surface area contributed by atoms with Gasteiger partial charge in [-0.15, -0.1) is 4.83 Å². The van der Waals surface area contributed by atoms with Crippen LogP contribution < -0.4 is 21.3 Å². The van der Waals surface area contributed by atoms with Crippen molar-refractivity contribution >= 4 is 33.0 Å². The van der Waals surface area contributed by atoms with E-state index in [9.17, 15) is 12.8 Å². The maximum Gasteiger partial charge on any atom is 0.257 e. The van der Waals surface area contributed by atoms with Gasteiger partial charge in [0, 0.05) is 0 Å². The monoisotopic (exact) mass is 388 g/mol. The van der Waals surface area contributed by atoms with Crippen molar-refractivity contribution in [1.82, 2.24) is 14.8 Å². The van der Waals surface area contributed by atoms with Gasteiger partial charge in [-0.3, -0.25) is 5.43 Å². The molecule has 2 aromatic carbocycles. The molecule has 0 spiro atoms. The molecule has 0 saturated heterocycles. The van der Waals surface area contributed by atoms with E-state index in [4.69, 9.17) is 5.73 Å². The summed E-state index contributed by atoms with van der Waals surface area (Å²) in [5.74, 6) is -0.322. The van der Waals surface area contributed by atoms with Crippen LogP contribution in [0.1, 0.15) is 5.56 Å². The number of hydrazine groups is 1. The minimum absolute atomic E-state index is 0.0207. The number of nitrogens with two attached hydrogens (primary N) is 1. The Hall–Kier alpha value is -3.24. The van der Waals surface area contributed by atoms with Gasteiger partial charge < -0.3 is 11.1 Å². The number of rotatable bonds is 6. The summed E-state index contributed by atoms with van der Waals surface area (Å²) in [5.41, 5.74) is 9.55. The standard InChI is InChI=1S/C17H17FN6O2S/c1-11-6-8-12(9-7-11)27(25,26)24-23-17-15(19)16(20-10-21-17)22-14-5-3-2-4-13(14)18/h2-10,24H,19H2,1H3,(H2,20,21,22,23). The van der Waals surface area contributed by atoms with Crippen molar-refractivity contribution < 1.29 is 12.8 Å². The number of nitrogens with one attached hydrogen (secondary N) is 3. The van der Waals surface area contributed by atoms with Crippen LogP contribution in [0, 0.1) is 12.7 Å². The van der Waals surface area contributed by atoms with Crippen molar-refractivity contribution in [2.45, 2.75) is 11.8 Å². The third-order valence-electron chi connectivity index (χ3n) is 3.65. The number of hydrogen-bond donors (Lipinski definition) is 4. The summed E-state index contributed by atoms with van der Waals surface area (Å²) in [6, 6.07) is 12.3. The van der Waals surface area contributed by atoms with Crippen LogP contribution in [-0.2, 0) is 10.0 Å². The third kappa shape index (κ3) is 4.30. The van der Waals surface area contributed by atoms with E-state index in [0.717, 1.165) is 5.56 Å². The first kappa shape index (κ1) is 18.5. The van der Waals surface area contributed by atoms with Gasteiger partial charge >= 0.3 is 0 Å². The molecular weight excluding hydrogens is 371 g/mol. The Bertz CT molecular complexity index is 1060. The number of anilines is 4. The minimum atomic E-state index is -3.83. The van der Waals surface area contributed by atoms with Crippen LogP contribution in [0.3, 0.4) is 0 Å². The molecule has 0 fully saturated rings. The topological polar surface area (TPSA) is 122 Å². The van der Waals surface area contributed by atoms with Crippen LogP contribution in [0.5, 0.6) is 0 Å². The molecule has 3 rings (SSSR count). The predicted molar refractivity (Wildman–Crippen MR) is 101 cm³/mol. The number of sulfonamides is 1. The fraction of sp³-hybridized carbons (Fsp3) is 0.0588. The van der Waals surface area contributed by atoms with E-state index in [1.165, 1.54) is 30.6 Å². The summed E-state index contributed by atoms with van der Waals surface area (Å²) in [7, 11) is -3.83. The lowest BCUT2D eigenvalue weighted by molar-refractivity contribution is 0.587. The van der Waals surface area contributed by atoms with Gasteiger partial charge in [-0.1, -0.05) is 29.8 Å². The zero-order chi connectivity index (χ0) is 19.4. The molecule has 0 aliphatic rings. The number of nitrogen functional groups attached to an aromatic ring is 1. The Morgan fingerprint density at radius 1 is 1.00 bits per heavy atom. The molecule has 0 aliphatic carbocycles. The predicted octanol–water partition coefficient (Wildman–Crippen LogP) is 2.56. The average molecular weight is 388 g/mol. The van der Waals surface area contributed by atoms with Gasteiger partial charge in [0.05, 0.1) is 10.6 Å². The molecule has 10 heteroatoms. The second-order valence-electron chi connectivity index (χ2n) is 5.63. The van der Waals surface area contributed by atoms with Crippen molar-refractivity contribution in [3.8, 4) is 0 Å². The van der Waals surface area contributed by atoms with Gasteiger partial charge in [0.1, 0.15) is 17.8 Å². The summed E-state index contributed by atoms with van der Waals surface area (Å²) in [6.07, 6.45) is 1.17. The molecule has 0 unspecified atom stereocenters. The summed E-state index contributed by atoms with van der Waals surface area (Å²) >= 11 is 0. The van der Waals surface area contributed by atoms with Gasteiger partial charge in [0.25, 0.3) is 10.0 Å². The Morgan fingerprint density at radius 3 is 2.37 bits per heavy atom. The first-order chi connectivity index (χ1) is 12.9. The maximum atomic E-state index is 13.8. The van der Waals surface area contributed by atoms with Crippen molar-refractivity contribution in [1.29, 1.82) is 0 Å². The highest BCUT2D eigenvalue weighted by atomic mass is 32.2. The Kier molecular flexibility index (Phi) is 5.19. The van der Waals surface area contributed by atoms with E-state index in [1.807, 2.05) is 6.92 Å². The van der Waals surface area contributed by atoms with Crippen LogP contribution in [0.4, 0.5) is 27.4 Å². The van der Waals surface area contributed by atoms with E-state index >= 15 is 0 Å². The molecule has 3 aromatic rings. The number of halogens is 1. The quantitative estimate of drug-likeness (QED) is 0.479. The molecule has 5 N–H and O–H groups in total. The molecule has 8 nitrogen and oxygen atoms in total. The van der Waals surface area contributed by atoms with Crippen LogP contribution in [0.2, 0.25) is 0 Å². The Balaban J connectivity index is 1.78. The molecule has 0 atom stereocenters. The molecule has 1 heterocycles. The van der Waals surface area contributed by atoms with Crippen molar-refractivity contribution in [3.63, 3.8) is 0 Å². The minimum Gasteiger partial charge on any atom is -0.393 e. The second kappa shape index (κ2) is 7.56. The maximum absolute atomic E-state index is 13.8. The average Bonchev–Trinajstić information content (AvgIpc) is 2.64. The molecule has 0 bridgehead atoms. The largest absolute Gasteiger partial charge is 0.393 e.